The molecule has 0 aromatic rings. The Labute approximate surface area is 219 Å². The molecule has 0 aromatic carbocycles. The fraction of sp³-hybridized carbons (Fsp3) is 0.679. The average Bonchev–Trinajstić information content (AvgIpc) is 2.82. The summed E-state index contributed by atoms with van der Waals surface area (Å²) in [6, 6.07) is -1.26. The molecular weight excluding hydrogens is 478 g/mol. The van der Waals surface area contributed by atoms with Crippen LogP contribution in [-0.2, 0) is 14.9 Å². The van der Waals surface area contributed by atoms with Gasteiger partial charge in [-0.05, 0) is 58.3 Å². The molecule has 0 aliphatic carbocycles. The molecule has 0 aromatic heterocycles. The van der Waals surface area contributed by atoms with Crippen molar-refractivity contribution >= 4 is 16.0 Å². The van der Waals surface area contributed by atoms with E-state index in [1.165, 1.54) is 18.9 Å². The highest BCUT2D eigenvalue weighted by Gasteiger charge is 2.27. The minimum Gasteiger partial charge on any atom is -0.387 e. The summed E-state index contributed by atoms with van der Waals surface area (Å²) in [4.78, 5) is 12.4. The summed E-state index contributed by atoms with van der Waals surface area (Å²) in [7, 11) is -4.44. The van der Waals surface area contributed by atoms with E-state index in [1.807, 2.05) is 19.1 Å². The summed E-state index contributed by atoms with van der Waals surface area (Å²) in [5.74, 6) is -1.59. The molecule has 0 saturated carbocycles. The molecule has 7 nitrogen and oxygen atoms in total. The fourth-order valence-electron chi connectivity index (χ4n) is 3.53. The first-order chi connectivity index (χ1) is 17.2. The van der Waals surface area contributed by atoms with Crippen molar-refractivity contribution in [1.29, 1.82) is 0 Å². The van der Waals surface area contributed by atoms with E-state index < -0.39 is 40.0 Å². The van der Waals surface area contributed by atoms with Crippen molar-refractivity contribution in [3.8, 4) is 0 Å². The Balaban J connectivity index is 4.44. The normalized spacial score (nSPS) is 15.4. The summed E-state index contributed by atoms with van der Waals surface area (Å²) in [6.07, 6.45) is 24.9. The van der Waals surface area contributed by atoms with Crippen LogP contribution < -0.4 is 5.32 Å². The van der Waals surface area contributed by atoms with Crippen LogP contribution in [0.15, 0.2) is 48.6 Å². The largest absolute Gasteiger partial charge is 0.387 e. The highest BCUT2D eigenvalue weighted by atomic mass is 32.2. The van der Waals surface area contributed by atoms with Crippen molar-refractivity contribution in [3.05, 3.63) is 48.6 Å². The maximum atomic E-state index is 12.4. The van der Waals surface area contributed by atoms with Gasteiger partial charge in [0.15, 0.2) is 0 Å². The van der Waals surface area contributed by atoms with Crippen LogP contribution in [0.5, 0.6) is 0 Å². The molecule has 0 heterocycles. The van der Waals surface area contributed by atoms with Crippen LogP contribution in [0.25, 0.3) is 0 Å². The molecule has 0 fully saturated rings. The first kappa shape index (κ1) is 34.3. The van der Waals surface area contributed by atoms with E-state index in [4.69, 9.17) is 0 Å². The van der Waals surface area contributed by atoms with Crippen LogP contribution >= 0.6 is 0 Å². The average molecular weight is 528 g/mol. The molecule has 0 aliphatic heterocycles. The Bertz CT molecular complexity index is 773. The number of hydrogen-bond donors (Lipinski definition) is 4. The number of amides is 1. The number of nitrogens with one attached hydrogen (secondary N) is 1. The summed E-state index contributed by atoms with van der Waals surface area (Å²) >= 11 is 0. The molecule has 0 bridgehead atoms. The summed E-state index contributed by atoms with van der Waals surface area (Å²) in [5, 5.41) is 22.9. The van der Waals surface area contributed by atoms with Crippen molar-refractivity contribution < 1.29 is 28.0 Å². The van der Waals surface area contributed by atoms with Crippen molar-refractivity contribution in [2.24, 2.45) is 0 Å². The van der Waals surface area contributed by atoms with Gasteiger partial charge in [-0.2, -0.15) is 8.42 Å². The highest BCUT2D eigenvalue weighted by molar-refractivity contribution is 7.85. The zero-order valence-corrected chi connectivity index (χ0v) is 23.0. The lowest BCUT2D eigenvalue weighted by Crippen LogP contribution is -2.50. The molecule has 0 radical (unpaired) electrons. The molecule has 0 spiro atoms. The lowest BCUT2D eigenvalue weighted by Gasteiger charge is -2.22. The third-order valence-corrected chi connectivity index (χ3v) is 6.44. The number of unbranched alkanes of at least 4 members (excludes halogenated alkanes) is 8. The topological polar surface area (TPSA) is 124 Å². The number of hydrogen-bond acceptors (Lipinski definition) is 5. The standard InChI is InChI=1S/C28H49NO6S/c1-3-5-7-9-11-13-15-17-19-21-23-27(31)28(32)29-25(24-36(33,34)35)26(30)22-20-18-16-14-12-10-8-6-4-2/h4,6,9,11-12,14,20,22,25-27,30-31H,3,5,7-8,10,13,15-19,21,23-24H2,1-2H3,(H,29,32)(H,33,34,35)/b6-4+,11-9-,14-12+,22-20+. The molecular formula is C28H49NO6S. The Morgan fingerprint density at radius 3 is 1.97 bits per heavy atom. The van der Waals surface area contributed by atoms with E-state index in [0.717, 1.165) is 51.4 Å². The molecule has 3 unspecified atom stereocenters. The Morgan fingerprint density at radius 1 is 0.806 bits per heavy atom. The van der Waals surface area contributed by atoms with E-state index in [1.54, 1.807) is 6.08 Å². The molecule has 36 heavy (non-hydrogen) atoms. The molecule has 0 saturated heterocycles. The van der Waals surface area contributed by atoms with Gasteiger partial charge in [-0.15, -0.1) is 0 Å². The van der Waals surface area contributed by atoms with Gasteiger partial charge in [0, 0.05) is 0 Å². The number of carbonyl (C=O) groups is 1. The molecule has 1 amide bonds. The lowest BCUT2D eigenvalue weighted by molar-refractivity contribution is -0.130. The second-order valence-electron chi connectivity index (χ2n) is 9.10. The van der Waals surface area contributed by atoms with Gasteiger partial charge < -0.3 is 15.5 Å². The predicted octanol–water partition coefficient (Wildman–Crippen LogP) is 5.42. The lowest BCUT2D eigenvalue weighted by atomic mass is 10.1. The highest BCUT2D eigenvalue weighted by Crippen LogP contribution is 2.10. The van der Waals surface area contributed by atoms with Crippen LogP contribution in [0.3, 0.4) is 0 Å². The maximum absolute atomic E-state index is 12.4. The summed E-state index contributed by atoms with van der Waals surface area (Å²) in [6.45, 7) is 4.15. The maximum Gasteiger partial charge on any atom is 0.267 e. The van der Waals surface area contributed by atoms with Gasteiger partial charge in [-0.3, -0.25) is 9.35 Å². The SMILES string of the molecule is C/C=C/CC/C=C/CC/C=C/C(O)C(CS(=O)(=O)O)NC(=O)C(O)CCCCCC/C=C\CCCC. The van der Waals surface area contributed by atoms with E-state index >= 15 is 0 Å². The van der Waals surface area contributed by atoms with Crippen LogP contribution in [0, 0.1) is 0 Å². The van der Waals surface area contributed by atoms with Gasteiger partial charge in [0.05, 0.1) is 17.9 Å². The van der Waals surface area contributed by atoms with Crippen molar-refractivity contribution in [2.75, 3.05) is 5.75 Å². The second kappa shape index (κ2) is 22.5. The predicted molar refractivity (Wildman–Crippen MR) is 148 cm³/mol. The number of rotatable bonds is 22. The van der Waals surface area contributed by atoms with Gasteiger partial charge in [0.2, 0.25) is 5.91 Å². The minimum absolute atomic E-state index is 0.253. The monoisotopic (exact) mass is 527 g/mol. The molecule has 3 atom stereocenters. The zero-order valence-electron chi connectivity index (χ0n) is 22.2. The second-order valence-corrected chi connectivity index (χ2v) is 10.6. The van der Waals surface area contributed by atoms with Crippen molar-refractivity contribution in [1.82, 2.24) is 5.32 Å². The number of allylic oxidation sites excluding steroid dienone is 7. The van der Waals surface area contributed by atoms with Gasteiger partial charge in [-0.1, -0.05) is 87.6 Å². The molecule has 0 aliphatic rings. The summed E-state index contributed by atoms with van der Waals surface area (Å²) in [5.41, 5.74) is 0. The van der Waals surface area contributed by atoms with Crippen molar-refractivity contribution in [2.45, 2.75) is 116 Å². The molecule has 8 heteroatoms. The number of carbonyl (C=O) groups excluding carboxylic acids is 1. The molecule has 208 valence electrons. The number of aliphatic hydroxyl groups excluding tert-OH is 2. The van der Waals surface area contributed by atoms with E-state index in [0.29, 0.717) is 12.8 Å². The Hall–Kier alpha value is -1.74. The zero-order chi connectivity index (χ0) is 27.1. The van der Waals surface area contributed by atoms with Gasteiger partial charge in [0.25, 0.3) is 10.1 Å². The fourth-order valence-corrected chi connectivity index (χ4v) is 4.27. The van der Waals surface area contributed by atoms with Crippen LogP contribution in [-0.4, -0.2) is 53.1 Å². The minimum atomic E-state index is -4.44. The third kappa shape index (κ3) is 21.5. The van der Waals surface area contributed by atoms with Crippen LogP contribution in [0.4, 0.5) is 0 Å². The third-order valence-electron chi connectivity index (χ3n) is 5.66. The van der Waals surface area contributed by atoms with Crippen molar-refractivity contribution in [3.63, 3.8) is 0 Å². The van der Waals surface area contributed by atoms with E-state index in [9.17, 15) is 28.0 Å². The smallest absolute Gasteiger partial charge is 0.267 e. The molecule has 4 N–H and O–H groups in total. The van der Waals surface area contributed by atoms with Crippen LogP contribution in [0.1, 0.15) is 97.3 Å². The van der Waals surface area contributed by atoms with Gasteiger partial charge in [0.1, 0.15) is 6.10 Å². The molecule has 0 rings (SSSR count). The first-order valence-corrected chi connectivity index (χ1v) is 15.0. The Kier molecular flexibility index (Phi) is 21.4. The Morgan fingerprint density at radius 2 is 1.36 bits per heavy atom. The van der Waals surface area contributed by atoms with Gasteiger partial charge >= 0.3 is 0 Å². The first-order valence-electron chi connectivity index (χ1n) is 13.4. The summed E-state index contributed by atoms with van der Waals surface area (Å²) < 4.78 is 32.0. The quantitative estimate of drug-likeness (QED) is 0.0847. The van der Waals surface area contributed by atoms with Gasteiger partial charge in [-0.25, -0.2) is 0 Å². The number of aliphatic hydroxyl groups is 2. The van der Waals surface area contributed by atoms with E-state index in [-0.39, 0.29) is 6.42 Å². The van der Waals surface area contributed by atoms with Crippen LogP contribution in [0.2, 0.25) is 0 Å². The van der Waals surface area contributed by atoms with E-state index in [2.05, 4.69) is 36.5 Å².